The third-order valence-electron chi connectivity index (χ3n) is 3.03. The summed E-state index contributed by atoms with van der Waals surface area (Å²) in [5, 5.41) is 3.16. The first-order chi connectivity index (χ1) is 9.10. The lowest BCUT2D eigenvalue weighted by Crippen LogP contribution is -2.25. The monoisotopic (exact) mass is 351 g/mol. The lowest BCUT2D eigenvalue weighted by atomic mass is 10.2. The Morgan fingerprint density at radius 3 is 2.95 bits per heavy atom. The molecule has 0 aliphatic carbocycles. The van der Waals surface area contributed by atoms with Crippen molar-refractivity contribution in [2.45, 2.75) is 25.0 Å². The summed E-state index contributed by atoms with van der Waals surface area (Å²) < 4.78 is 25.4. The Bertz CT molecular complexity index is 447. The van der Waals surface area contributed by atoms with Crippen molar-refractivity contribution in [2.24, 2.45) is 0 Å². The van der Waals surface area contributed by atoms with E-state index in [0.29, 0.717) is 16.8 Å². The average Bonchev–Trinajstić information content (AvgIpc) is 2.80. The molecule has 1 aromatic rings. The van der Waals surface area contributed by atoms with Gasteiger partial charge in [-0.3, -0.25) is 0 Å². The average molecular weight is 353 g/mol. The first kappa shape index (κ1) is 15.0. The summed E-state index contributed by atoms with van der Waals surface area (Å²) in [6.45, 7) is 1.26. The summed E-state index contributed by atoms with van der Waals surface area (Å²) >= 11 is 8.98. The number of hydrogen-bond acceptors (Lipinski definition) is 3. The molecular weight excluding hydrogens is 337 g/mol. The van der Waals surface area contributed by atoms with Crippen LogP contribution in [0.25, 0.3) is 0 Å². The molecule has 0 aromatic heterocycles. The Morgan fingerprint density at radius 1 is 1.47 bits per heavy atom. The molecule has 2 atom stereocenters. The van der Waals surface area contributed by atoms with E-state index in [-0.39, 0.29) is 17.2 Å². The van der Waals surface area contributed by atoms with Crippen LogP contribution >= 0.6 is 27.5 Å². The zero-order chi connectivity index (χ0) is 13.8. The second-order valence-corrected chi connectivity index (χ2v) is 5.78. The van der Waals surface area contributed by atoms with Crippen LogP contribution in [0.3, 0.4) is 0 Å². The fourth-order valence-corrected chi connectivity index (χ4v) is 2.83. The highest BCUT2D eigenvalue weighted by atomic mass is 79.9. The van der Waals surface area contributed by atoms with Gasteiger partial charge in [0.05, 0.1) is 21.7 Å². The minimum absolute atomic E-state index is 0.0592. The normalized spacial score (nSPS) is 22.7. The summed E-state index contributed by atoms with van der Waals surface area (Å²) in [5.41, 5.74) is 0. The van der Waals surface area contributed by atoms with E-state index in [1.54, 1.807) is 0 Å². The quantitative estimate of drug-likeness (QED) is 0.824. The van der Waals surface area contributed by atoms with Gasteiger partial charge in [0.25, 0.3) is 0 Å². The van der Waals surface area contributed by atoms with Gasteiger partial charge in [-0.05, 0) is 41.9 Å². The Balaban J connectivity index is 1.88. The summed E-state index contributed by atoms with van der Waals surface area (Å²) in [6.07, 6.45) is 2.28. The van der Waals surface area contributed by atoms with Crippen LogP contribution in [0.5, 0.6) is 5.75 Å². The molecule has 106 valence electrons. The van der Waals surface area contributed by atoms with Crippen molar-refractivity contribution >= 4 is 27.5 Å². The number of halogens is 3. The maximum absolute atomic E-state index is 13.3. The van der Waals surface area contributed by atoms with Crippen LogP contribution in [0.1, 0.15) is 12.8 Å². The molecule has 0 radical (unpaired) electrons. The second-order valence-electron chi connectivity index (χ2n) is 4.52. The molecule has 1 heterocycles. The van der Waals surface area contributed by atoms with Crippen molar-refractivity contribution in [3.63, 3.8) is 0 Å². The number of nitrogens with one attached hydrogen (secondary N) is 1. The van der Waals surface area contributed by atoms with Crippen molar-refractivity contribution in [3.8, 4) is 5.75 Å². The zero-order valence-corrected chi connectivity index (χ0v) is 12.9. The van der Waals surface area contributed by atoms with Crippen LogP contribution in [-0.2, 0) is 4.74 Å². The van der Waals surface area contributed by atoms with Gasteiger partial charge < -0.3 is 14.8 Å². The maximum atomic E-state index is 13.3. The van der Waals surface area contributed by atoms with Crippen molar-refractivity contribution in [3.05, 3.63) is 27.4 Å². The molecule has 19 heavy (non-hydrogen) atoms. The Kier molecular flexibility index (Phi) is 5.45. The van der Waals surface area contributed by atoms with E-state index in [0.717, 1.165) is 19.4 Å². The van der Waals surface area contributed by atoms with Crippen molar-refractivity contribution in [2.75, 3.05) is 20.2 Å². The van der Waals surface area contributed by atoms with E-state index in [4.69, 9.17) is 21.1 Å². The predicted molar refractivity (Wildman–Crippen MR) is 76.4 cm³/mol. The smallest absolute Gasteiger partial charge is 0.145 e. The van der Waals surface area contributed by atoms with Gasteiger partial charge in [-0.1, -0.05) is 11.6 Å². The summed E-state index contributed by atoms with van der Waals surface area (Å²) in [6, 6.07) is 2.78. The maximum Gasteiger partial charge on any atom is 0.145 e. The van der Waals surface area contributed by atoms with Crippen molar-refractivity contribution < 1.29 is 13.9 Å². The van der Waals surface area contributed by atoms with Crippen molar-refractivity contribution in [1.29, 1.82) is 0 Å². The molecule has 1 aromatic carbocycles. The Morgan fingerprint density at radius 2 is 2.21 bits per heavy atom. The largest absolute Gasteiger partial charge is 0.490 e. The number of rotatable bonds is 5. The second kappa shape index (κ2) is 6.88. The van der Waals surface area contributed by atoms with Gasteiger partial charge in [-0.25, -0.2) is 4.39 Å². The van der Waals surface area contributed by atoms with Crippen LogP contribution in [0.15, 0.2) is 16.6 Å². The van der Waals surface area contributed by atoms with E-state index < -0.39 is 5.82 Å². The standard InChI is InChI=1S/C13H16BrClFNO2/c1-17-6-8-2-3-9(19-8)7-18-13-5-12(16)11(15)4-10(13)14/h4-5,8-9,17H,2-3,6-7H2,1H3. The molecule has 0 amide bonds. The molecule has 0 spiro atoms. The number of ether oxygens (including phenoxy) is 2. The minimum Gasteiger partial charge on any atom is -0.490 e. The van der Waals surface area contributed by atoms with Gasteiger partial charge in [0.15, 0.2) is 0 Å². The molecule has 1 aliphatic rings. The van der Waals surface area contributed by atoms with Gasteiger partial charge in [0.2, 0.25) is 0 Å². The molecule has 0 bridgehead atoms. The molecule has 1 aliphatic heterocycles. The van der Waals surface area contributed by atoms with E-state index >= 15 is 0 Å². The summed E-state index contributed by atoms with van der Waals surface area (Å²) in [4.78, 5) is 0. The lowest BCUT2D eigenvalue weighted by molar-refractivity contribution is 0.0191. The van der Waals surface area contributed by atoms with Crippen LogP contribution < -0.4 is 10.1 Å². The zero-order valence-electron chi connectivity index (χ0n) is 10.6. The topological polar surface area (TPSA) is 30.5 Å². The SMILES string of the molecule is CNCC1CCC(COc2cc(F)c(Cl)cc2Br)O1. The van der Waals surface area contributed by atoms with Crippen LogP contribution in [-0.4, -0.2) is 32.4 Å². The molecule has 6 heteroatoms. The highest BCUT2D eigenvalue weighted by molar-refractivity contribution is 9.10. The number of likely N-dealkylation sites (N-methyl/N-ethyl adjacent to an activating group) is 1. The fraction of sp³-hybridized carbons (Fsp3) is 0.538. The first-order valence-corrected chi connectivity index (χ1v) is 7.34. The minimum atomic E-state index is -0.486. The Hall–Kier alpha value is -0.360. The van der Waals surface area contributed by atoms with Gasteiger partial charge in [0.1, 0.15) is 18.2 Å². The third-order valence-corrected chi connectivity index (χ3v) is 3.94. The van der Waals surface area contributed by atoms with Gasteiger partial charge >= 0.3 is 0 Å². The molecule has 2 unspecified atom stereocenters. The predicted octanol–water partition coefficient (Wildman–Crippen LogP) is 3.39. The molecule has 1 N–H and O–H groups in total. The van der Waals surface area contributed by atoms with Gasteiger partial charge in [0, 0.05) is 12.6 Å². The van der Waals surface area contributed by atoms with Gasteiger partial charge in [-0.2, -0.15) is 0 Å². The van der Waals surface area contributed by atoms with Crippen molar-refractivity contribution in [1.82, 2.24) is 5.32 Å². The molecular formula is C13H16BrClFNO2. The third kappa shape index (κ3) is 4.05. The van der Waals surface area contributed by atoms with E-state index in [2.05, 4.69) is 21.2 Å². The summed E-state index contributed by atoms with van der Waals surface area (Å²) in [7, 11) is 1.90. The highest BCUT2D eigenvalue weighted by Gasteiger charge is 2.25. The fourth-order valence-electron chi connectivity index (χ4n) is 2.08. The molecule has 1 fully saturated rings. The van der Waals surface area contributed by atoms with E-state index in [1.165, 1.54) is 12.1 Å². The molecule has 2 rings (SSSR count). The van der Waals surface area contributed by atoms with Crippen LogP contribution in [0.2, 0.25) is 5.02 Å². The highest BCUT2D eigenvalue weighted by Crippen LogP contribution is 2.31. The van der Waals surface area contributed by atoms with E-state index in [1.807, 2.05) is 7.05 Å². The first-order valence-electron chi connectivity index (χ1n) is 6.17. The molecule has 1 saturated heterocycles. The van der Waals surface area contributed by atoms with Crippen LogP contribution in [0, 0.1) is 5.82 Å². The van der Waals surface area contributed by atoms with Gasteiger partial charge in [-0.15, -0.1) is 0 Å². The Labute approximate surface area is 125 Å². The number of benzene rings is 1. The molecule has 3 nitrogen and oxygen atoms in total. The lowest BCUT2D eigenvalue weighted by Gasteiger charge is -2.15. The summed E-state index contributed by atoms with van der Waals surface area (Å²) in [5.74, 6) is -0.0390. The van der Waals surface area contributed by atoms with Crippen LogP contribution in [0.4, 0.5) is 4.39 Å². The number of hydrogen-bond donors (Lipinski definition) is 1. The van der Waals surface area contributed by atoms with E-state index in [9.17, 15) is 4.39 Å². The molecule has 0 saturated carbocycles.